The first-order valence-electron chi connectivity index (χ1n) is 11.5. The van der Waals surface area contributed by atoms with Crippen molar-refractivity contribution in [1.29, 1.82) is 0 Å². The van der Waals surface area contributed by atoms with Crippen LogP contribution in [-0.4, -0.2) is 21.8 Å². The number of rotatable bonds is 7. The second-order valence-electron chi connectivity index (χ2n) is 8.68. The smallest absolute Gasteiger partial charge is 0.270 e. The summed E-state index contributed by atoms with van der Waals surface area (Å²) in [6.45, 7) is 2.79. The molecule has 5 N–H and O–H groups in total. The molecule has 1 unspecified atom stereocenters. The number of carbonyl (C=O) groups is 2. The average Bonchev–Trinajstić information content (AvgIpc) is 3.44. The molecule has 178 valence electrons. The number of hydrogen-bond acceptors (Lipinski definition) is 7. The van der Waals surface area contributed by atoms with Gasteiger partial charge in [0, 0.05) is 24.5 Å². The van der Waals surface area contributed by atoms with E-state index < -0.39 is 0 Å². The van der Waals surface area contributed by atoms with E-state index in [0.29, 0.717) is 13.1 Å². The monoisotopic (exact) mass is 470 g/mol. The van der Waals surface area contributed by atoms with Gasteiger partial charge in [0.2, 0.25) is 0 Å². The fraction of sp³-hybridized carbons (Fsp3) is 0.231. The van der Waals surface area contributed by atoms with Crippen LogP contribution in [0.1, 0.15) is 61.5 Å². The molecule has 0 saturated heterocycles. The lowest BCUT2D eigenvalue weighted by Crippen LogP contribution is -2.29. The zero-order chi connectivity index (χ0) is 24.4. The molecular weight excluding hydrogens is 444 g/mol. The van der Waals surface area contributed by atoms with E-state index in [-0.39, 0.29) is 29.2 Å². The minimum absolute atomic E-state index is 0.107. The summed E-state index contributed by atoms with van der Waals surface area (Å²) in [7, 11) is 0. The maximum atomic E-state index is 12.9. The van der Waals surface area contributed by atoms with Crippen molar-refractivity contribution in [1.82, 2.24) is 26.0 Å². The van der Waals surface area contributed by atoms with Gasteiger partial charge in [0.1, 0.15) is 29.1 Å². The summed E-state index contributed by atoms with van der Waals surface area (Å²) in [5.41, 5.74) is 8.01. The van der Waals surface area contributed by atoms with Crippen LogP contribution in [0.5, 0.6) is 0 Å². The summed E-state index contributed by atoms with van der Waals surface area (Å²) in [6, 6.07) is 15.2. The molecule has 9 heteroatoms. The van der Waals surface area contributed by atoms with Crippen molar-refractivity contribution in [3.63, 3.8) is 0 Å². The van der Waals surface area contributed by atoms with Crippen molar-refractivity contribution in [2.24, 2.45) is 5.84 Å². The Morgan fingerprint density at radius 2 is 1.77 bits per heavy atom. The third-order valence-corrected chi connectivity index (χ3v) is 6.19. The van der Waals surface area contributed by atoms with E-state index in [0.717, 1.165) is 46.3 Å². The van der Waals surface area contributed by atoms with Crippen LogP contribution in [0.15, 0.2) is 59.3 Å². The number of furan rings is 1. The fourth-order valence-electron chi connectivity index (χ4n) is 4.48. The number of carbonyl (C=O) groups excluding carboxylic acids is 2. The average molecular weight is 471 g/mol. The van der Waals surface area contributed by atoms with Gasteiger partial charge >= 0.3 is 0 Å². The number of hydrogen-bond donors (Lipinski definition) is 4. The molecule has 35 heavy (non-hydrogen) atoms. The molecule has 5 rings (SSSR count). The molecule has 0 radical (unpaired) electrons. The Balaban J connectivity index is 1.23. The Morgan fingerprint density at radius 1 is 1.00 bits per heavy atom. The summed E-state index contributed by atoms with van der Waals surface area (Å²) in [4.78, 5) is 33.7. The van der Waals surface area contributed by atoms with E-state index in [2.05, 4.69) is 32.1 Å². The van der Waals surface area contributed by atoms with Crippen LogP contribution in [-0.2, 0) is 19.5 Å². The van der Waals surface area contributed by atoms with Gasteiger partial charge in [0.15, 0.2) is 0 Å². The zero-order valence-electron chi connectivity index (χ0n) is 19.3. The molecular formula is C26H26N6O3. The highest BCUT2D eigenvalue weighted by Gasteiger charge is 2.25. The van der Waals surface area contributed by atoms with Gasteiger partial charge in [-0.05, 0) is 54.2 Å². The highest BCUT2D eigenvalue weighted by Crippen LogP contribution is 2.32. The van der Waals surface area contributed by atoms with Crippen LogP contribution >= 0.6 is 0 Å². The van der Waals surface area contributed by atoms with E-state index in [1.807, 2.05) is 43.3 Å². The van der Waals surface area contributed by atoms with Crippen LogP contribution in [0, 0.1) is 6.92 Å². The van der Waals surface area contributed by atoms with Crippen molar-refractivity contribution in [3.8, 4) is 0 Å². The first-order valence-corrected chi connectivity index (χ1v) is 11.5. The Kier molecular flexibility index (Phi) is 6.26. The SMILES string of the molecule is Cc1cc2ccc(CNC(=O)c3cc(C(=O)NC4CCc5cc(CNN)ccc54)ncn3)cc2o1. The number of fused-ring (bicyclic) bond motifs is 2. The van der Waals surface area contributed by atoms with Crippen LogP contribution < -0.4 is 21.9 Å². The lowest BCUT2D eigenvalue weighted by molar-refractivity contribution is 0.0931. The molecule has 2 aromatic heterocycles. The molecule has 0 spiro atoms. The van der Waals surface area contributed by atoms with Crippen molar-refractivity contribution in [2.75, 3.05) is 0 Å². The molecule has 1 aliphatic carbocycles. The molecule has 1 atom stereocenters. The highest BCUT2D eigenvalue weighted by molar-refractivity contribution is 5.97. The summed E-state index contributed by atoms with van der Waals surface area (Å²) in [6.07, 6.45) is 2.91. The number of nitrogens with one attached hydrogen (secondary N) is 3. The van der Waals surface area contributed by atoms with Crippen molar-refractivity contribution < 1.29 is 14.0 Å². The number of aryl methyl sites for hydroxylation is 2. The minimum atomic E-state index is -0.385. The molecule has 0 bridgehead atoms. The molecule has 2 aromatic carbocycles. The lowest BCUT2D eigenvalue weighted by atomic mass is 10.0. The summed E-state index contributed by atoms with van der Waals surface area (Å²) in [5, 5.41) is 6.89. The van der Waals surface area contributed by atoms with Crippen LogP contribution in [0.3, 0.4) is 0 Å². The number of nitrogens with zero attached hydrogens (tertiary/aromatic N) is 2. The van der Waals surface area contributed by atoms with Gasteiger partial charge < -0.3 is 15.1 Å². The third-order valence-electron chi connectivity index (χ3n) is 6.19. The number of hydrazine groups is 1. The van der Waals surface area contributed by atoms with E-state index in [4.69, 9.17) is 10.3 Å². The first kappa shape index (κ1) is 22.7. The van der Waals surface area contributed by atoms with E-state index in [9.17, 15) is 9.59 Å². The van der Waals surface area contributed by atoms with Crippen molar-refractivity contribution >= 4 is 22.8 Å². The Labute approximate surface area is 202 Å². The maximum Gasteiger partial charge on any atom is 0.270 e. The fourth-order valence-corrected chi connectivity index (χ4v) is 4.48. The second kappa shape index (κ2) is 9.65. The first-order chi connectivity index (χ1) is 17.0. The van der Waals surface area contributed by atoms with Crippen LogP contribution in [0.4, 0.5) is 0 Å². The van der Waals surface area contributed by atoms with Crippen LogP contribution in [0.2, 0.25) is 0 Å². The topological polar surface area (TPSA) is 135 Å². The molecule has 2 amide bonds. The van der Waals surface area contributed by atoms with Gasteiger partial charge in [-0.3, -0.25) is 20.9 Å². The second-order valence-corrected chi connectivity index (χ2v) is 8.68. The molecule has 0 aliphatic heterocycles. The molecule has 2 heterocycles. The number of nitrogens with two attached hydrogens (primary N) is 1. The normalized spacial score (nSPS) is 14.6. The van der Waals surface area contributed by atoms with E-state index >= 15 is 0 Å². The number of aromatic nitrogens is 2. The maximum absolute atomic E-state index is 12.9. The van der Waals surface area contributed by atoms with E-state index in [1.165, 1.54) is 18.0 Å². The molecule has 4 aromatic rings. The highest BCUT2D eigenvalue weighted by atomic mass is 16.3. The largest absolute Gasteiger partial charge is 0.461 e. The molecule has 9 nitrogen and oxygen atoms in total. The minimum Gasteiger partial charge on any atom is -0.461 e. The molecule has 0 saturated carbocycles. The van der Waals surface area contributed by atoms with Gasteiger partial charge in [-0.25, -0.2) is 9.97 Å². The standard InChI is InChI=1S/C26H26N6O3/c1-15-8-19-4-2-17(10-24(19)35-15)12-28-25(33)22-11-23(30-14-29-22)26(34)32-21-7-5-18-9-16(13-31-27)3-6-20(18)21/h2-4,6,8-11,14,21,31H,5,7,12-13,27H2,1H3,(H,28,33)(H,32,34). The van der Waals surface area contributed by atoms with Gasteiger partial charge in [0.25, 0.3) is 11.8 Å². The lowest BCUT2D eigenvalue weighted by Gasteiger charge is -2.14. The van der Waals surface area contributed by atoms with E-state index in [1.54, 1.807) is 0 Å². The van der Waals surface area contributed by atoms with Crippen molar-refractivity contribution in [2.45, 2.75) is 38.9 Å². The van der Waals surface area contributed by atoms with Gasteiger partial charge in [0.05, 0.1) is 6.04 Å². The van der Waals surface area contributed by atoms with Crippen molar-refractivity contribution in [3.05, 3.63) is 94.3 Å². The Bertz CT molecular complexity index is 1410. The predicted octanol–water partition coefficient (Wildman–Crippen LogP) is 2.84. The zero-order valence-corrected chi connectivity index (χ0v) is 19.3. The Hall–Kier alpha value is -4.08. The molecule has 1 aliphatic rings. The van der Waals surface area contributed by atoms with Crippen LogP contribution in [0.25, 0.3) is 11.0 Å². The summed E-state index contributed by atoms with van der Waals surface area (Å²) < 4.78 is 5.65. The number of amides is 2. The van der Waals surface area contributed by atoms with Gasteiger partial charge in [-0.1, -0.05) is 30.3 Å². The number of benzene rings is 2. The summed E-state index contributed by atoms with van der Waals surface area (Å²) in [5.74, 6) is 5.52. The predicted molar refractivity (Wildman–Crippen MR) is 130 cm³/mol. The molecule has 0 fully saturated rings. The summed E-state index contributed by atoms with van der Waals surface area (Å²) >= 11 is 0. The Morgan fingerprint density at radius 3 is 2.60 bits per heavy atom. The quantitative estimate of drug-likeness (QED) is 0.241. The van der Waals surface area contributed by atoms with Gasteiger partial charge in [-0.2, -0.15) is 0 Å². The third kappa shape index (κ3) is 4.91. The van der Waals surface area contributed by atoms with Gasteiger partial charge in [-0.15, -0.1) is 0 Å².